The van der Waals surface area contributed by atoms with Crippen molar-refractivity contribution in [3.05, 3.63) is 11.8 Å². The molecule has 0 N–H and O–H groups in total. The van der Waals surface area contributed by atoms with Crippen LogP contribution in [-0.4, -0.2) is 52.6 Å². The van der Waals surface area contributed by atoms with Gasteiger partial charge in [-0.05, 0) is 35.1 Å². The number of hydrogen-bond acceptors (Lipinski definition) is 2. The maximum atomic E-state index is 4.05. The Morgan fingerprint density at radius 1 is 1.17 bits per heavy atom. The van der Waals surface area contributed by atoms with Crippen LogP contribution in [-0.2, 0) is 0 Å². The first-order valence-corrected chi connectivity index (χ1v) is 6.76. The molecular formula is C9H22N2Si. The summed E-state index contributed by atoms with van der Waals surface area (Å²) in [6.45, 7) is 8.55. The zero-order valence-corrected chi connectivity index (χ0v) is 10.4. The van der Waals surface area contributed by atoms with E-state index in [9.17, 15) is 0 Å². The van der Waals surface area contributed by atoms with Gasteiger partial charge in [-0.1, -0.05) is 11.7 Å². The summed E-state index contributed by atoms with van der Waals surface area (Å²) in [4.78, 5) is 4.57. The molecule has 0 saturated heterocycles. The van der Waals surface area contributed by atoms with Gasteiger partial charge in [0.2, 0.25) is 0 Å². The second kappa shape index (κ2) is 4.79. The average Bonchev–Trinajstić information content (AvgIpc) is 1.85. The first-order valence-electron chi connectivity index (χ1n) is 4.36. The molecule has 0 saturated carbocycles. The molecule has 0 aliphatic heterocycles. The molecule has 0 bridgehead atoms. The standard InChI is InChI=1S/C9H22N2Si/c1-8(2)12(7)9(10(3)4)11(5)6/h9,12H,1H2,2-7H3. The van der Waals surface area contributed by atoms with E-state index in [0.717, 1.165) is 0 Å². The molecule has 0 fully saturated rings. The molecule has 0 radical (unpaired) electrons. The highest BCUT2D eigenvalue weighted by Gasteiger charge is 2.22. The second-order valence-corrected chi connectivity index (χ2v) is 7.14. The van der Waals surface area contributed by atoms with Crippen LogP contribution in [0.5, 0.6) is 0 Å². The van der Waals surface area contributed by atoms with Crippen LogP contribution in [0, 0.1) is 0 Å². The molecule has 3 heteroatoms. The minimum absolute atomic E-state index is 0.586. The van der Waals surface area contributed by atoms with Crippen LogP contribution in [0.1, 0.15) is 6.92 Å². The van der Waals surface area contributed by atoms with Crippen molar-refractivity contribution in [1.29, 1.82) is 0 Å². The monoisotopic (exact) mass is 186 g/mol. The first kappa shape index (κ1) is 11.9. The fourth-order valence-corrected chi connectivity index (χ4v) is 3.91. The summed E-state index contributed by atoms with van der Waals surface area (Å²) in [5.41, 5.74) is 0. The summed E-state index contributed by atoms with van der Waals surface area (Å²) in [7, 11) is 7.70. The second-order valence-electron chi connectivity index (χ2n) is 3.98. The molecule has 0 spiro atoms. The molecule has 72 valence electrons. The number of allylic oxidation sites excluding steroid dienone is 1. The molecule has 0 aromatic carbocycles. The van der Waals surface area contributed by atoms with E-state index < -0.39 is 8.80 Å². The van der Waals surface area contributed by atoms with E-state index in [0.29, 0.717) is 5.79 Å². The lowest BCUT2D eigenvalue weighted by Crippen LogP contribution is -2.50. The molecule has 1 atom stereocenters. The summed E-state index contributed by atoms with van der Waals surface area (Å²) in [5, 5.41) is 1.38. The maximum Gasteiger partial charge on any atom is 0.0982 e. The largest absolute Gasteiger partial charge is 0.297 e. The fraction of sp³-hybridized carbons (Fsp3) is 0.778. The van der Waals surface area contributed by atoms with E-state index in [1.807, 2.05) is 0 Å². The van der Waals surface area contributed by atoms with Gasteiger partial charge in [0, 0.05) is 0 Å². The highest BCUT2D eigenvalue weighted by atomic mass is 28.3. The topological polar surface area (TPSA) is 6.48 Å². The van der Waals surface area contributed by atoms with Crippen molar-refractivity contribution in [3.8, 4) is 0 Å². The van der Waals surface area contributed by atoms with Crippen molar-refractivity contribution in [2.24, 2.45) is 0 Å². The number of nitrogens with zero attached hydrogens (tertiary/aromatic N) is 2. The van der Waals surface area contributed by atoms with Crippen LogP contribution in [0.4, 0.5) is 0 Å². The summed E-state index contributed by atoms with van der Waals surface area (Å²) < 4.78 is 0. The van der Waals surface area contributed by atoms with Crippen molar-refractivity contribution in [2.75, 3.05) is 28.2 Å². The molecule has 2 nitrogen and oxygen atoms in total. The van der Waals surface area contributed by atoms with Gasteiger partial charge in [0.15, 0.2) is 0 Å². The number of hydrogen-bond donors (Lipinski definition) is 0. The minimum Gasteiger partial charge on any atom is -0.297 e. The number of rotatable bonds is 4. The predicted molar refractivity (Wildman–Crippen MR) is 59.0 cm³/mol. The Kier molecular flexibility index (Phi) is 4.75. The molecule has 0 aliphatic carbocycles. The molecule has 0 heterocycles. The Morgan fingerprint density at radius 2 is 1.50 bits per heavy atom. The van der Waals surface area contributed by atoms with Crippen LogP contribution >= 0.6 is 0 Å². The molecule has 0 aliphatic rings. The van der Waals surface area contributed by atoms with Gasteiger partial charge < -0.3 is 0 Å². The third-order valence-electron chi connectivity index (χ3n) is 2.28. The zero-order valence-electron chi connectivity index (χ0n) is 9.26. The lowest BCUT2D eigenvalue weighted by atomic mass is 10.7. The lowest BCUT2D eigenvalue weighted by molar-refractivity contribution is 0.198. The van der Waals surface area contributed by atoms with Crippen LogP contribution in [0.2, 0.25) is 6.55 Å². The highest BCUT2D eigenvalue weighted by Crippen LogP contribution is 2.08. The lowest BCUT2D eigenvalue weighted by Gasteiger charge is -2.35. The van der Waals surface area contributed by atoms with Crippen LogP contribution < -0.4 is 0 Å². The quantitative estimate of drug-likeness (QED) is 0.476. The summed E-state index contributed by atoms with van der Waals surface area (Å²) in [6.07, 6.45) is 0. The first-order chi connectivity index (χ1) is 5.37. The van der Waals surface area contributed by atoms with E-state index in [2.05, 4.69) is 58.0 Å². The SMILES string of the molecule is C=C(C)[SiH](C)C(N(C)C)N(C)C. The smallest absolute Gasteiger partial charge is 0.0982 e. The predicted octanol–water partition coefficient (Wildman–Crippen LogP) is 0.947. The van der Waals surface area contributed by atoms with Crippen molar-refractivity contribution < 1.29 is 0 Å². The fourth-order valence-electron chi connectivity index (χ4n) is 1.61. The Balaban J connectivity index is 4.40. The third kappa shape index (κ3) is 3.09. The molecule has 0 aromatic heterocycles. The molecule has 12 heavy (non-hydrogen) atoms. The van der Waals surface area contributed by atoms with E-state index >= 15 is 0 Å². The molecule has 0 aromatic rings. The molecule has 0 rings (SSSR count). The summed E-state index contributed by atoms with van der Waals surface area (Å²) in [5.74, 6) is 0.586. The van der Waals surface area contributed by atoms with E-state index in [4.69, 9.17) is 0 Å². The summed E-state index contributed by atoms with van der Waals surface area (Å²) in [6, 6.07) is 0. The molecule has 1 unspecified atom stereocenters. The van der Waals surface area contributed by atoms with E-state index in [1.165, 1.54) is 5.20 Å². The normalized spacial score (nSPS) is 14.4. The van der Waals surface area contributed by atoms with Crippen molar-refractivity contribution in [3.63, 3.8) is 0 Å². The van der Waals surface area contributed by atoms with Crippen molar-refractivity contribution in [1.82, 2.24) is 9.80 Å². The van der Waals surface area contributed by atoms with Crippen molar-refractivity contribution >= 4 is 8.80 Å². The van der Waals surface area contributed by atoms with Crippen LogP contribution in [0.15, 0.2) is 11.8 Å². The highest BCUT2D eigenvalue weighted by molar-refractivity contribution is 6.66. The molecule has 0 amide bonds. The van der Waals surface area contributed by atoms with Gasteiger partial charge in [-0.25, -0.2) is 0 Å². The Morgan fingerprint density at radius 3 is 1.58 bits per heavy atom. The Bertz CT molecular complexity index is 147. The van der Waals surface area contributed by atoms with Gasteiger partial charge in [-0.15, -0.1) is 6.58 Å². The average molecular weight is 186 g/mol. The van der Waals surface area contributed by atoms with E-state index in [1.54, 1.807) is 0 Å². The van der Waals surface area contributed by atoms with Gasteiger partial charge in [-0.3, -0.25) is 9.80 Å². The van der Waals surface area contributed by atoms with E-state index in [-0.39, 0.29) is 0 Å². The third-order valence-corrected chi connectivity index (χ3v) is 5.92. The van der Waals surface area contributed by atoms with Gasteiger partial charge in [0.05, 0.1) is 14.6 Å². The zero-order chi connectivity index (χ0) is 9.89. The minimum atomic E-state index is -0.849. The van der Waals surface area contributed by atoms with Gasteiger partial charge >= 0.3 is 0 Å². The van der Waals surface area contributed by atoms with Crippen LogP contribution in [0.3, 0.4) is 0 Å². The Hall–Kier alpha value is -0.123. The van der Waals surface area contributed by atoms with Gasteiger partial charge in [-0.2, -0.15) is 0 Å². The van der Waals surface area contributed by atoms with Gasteiger partial charge in [0.25, 0.3) is 0 Å². The van der Waals surface area contributed by atoms with Crippen molar-refractivity contribution in [2.45, 2.75) is 19.3 Å². The maximum absolute atomic E-state index is 4.05. The van der Waals surface area contributed by atoms with Gasteiger partial charge in [0.1, 0.15) is 0 Å². The molecular weight excluding hydrogens is 164 g/mol. The summed E-state index contributed by atoms with van der Waals surface area (Å²) >= 11 is 0. The van der Waals surface area contributed by atoms with Crippen LogP contribution in [0.25, 0.3) is 0 Å². The Labute approximate surface area is 78.5 Å².